The Kier molecular flexibility index (Phi) is 3.42. The molecule has 1 aliphatic heterocycles. The molecule has 2 rings (SSSR count). The zero-order valence-corrected chi connectivity index (χ0v) is 10.1. The van der Waals surface area contributed by atoms with Gasteiger partial charge in [0, 0.05) is 41.5 Å². The Morgan fingerprint density at radius 3 is 2.44 bits per heavy atom. The normalized spacial score (nSPS) is 18.1. The largest absolute Gasteiger partial charge is 0.433 e. The number of nitrogen functional groups attached to an aromatic ring is 1. The van der Waals surface area contributed by atoms with Gasteiger partial charge in [-0.25, -0.2) is 4.98 Å². The summed E-state index contributed by atoms with van der Waals surface area (Å²) < 4.78 is 48.9. The molecular weight excluding hydrogens is 269 g/mol. The molecule has 0 aliphatic carbocycles. The van der Waals surface area contributed by atoms with Crippen molar-refractivity contribution < 1.29 is 17.4 Å². The minimum atomic E-state index is -4.55. The maximum atomic E-state index is 12.6. The van der Waals surface area contributed by atoms with Gasteiger partial charge in [-0.05, 0) is 0 Å². The van der Waals surface area contributed by atoms with Crippen LogP contribution in [0.5, 0.6) is 0 Å². The number of anilines is 2. The second kappa shape index (κ2) is 4.71. The molecule has 1 saturated heterocycles. The van der Waals surface area contributed by atoms with Crippen molar-refractivity contribution in [2.45, 2.75) is 6.18 Å². The Bertz CT molecular complexity index is 469. The van der Waals surface area contributed by atoms with E-state index in [1.807, 2.05) is 0 Å². The van der Waals surface area contributed by atoms with Gasteiger partial charge in [-0.1, -0.05) is 0 Å². The van der Waals surface area contributed by atoms with E-state index in [-0.39, 0.29) is 5.82 Å². The average molecular weight is 280 g/mol. The van der Waals surface area contributed by atoms with E-state index in [9.17, 15) is 17.4 Å². The molecule has 0 atom stereocenters. The Morgan fingerprint density at radius 1 is 1.28 bits per heavy atom. The summed E-state index contributed by atoms with van der Waals surface area (Å²) in [7, 11) is -0.901. The first-order valence-electron chi connectivity index (χ1n) is 5.18. The number of alkyl halides is 3. The van der Waals surface area contributed by atoms with Crippen LogP contribution >= 0.6 is 0 Å². The minimum absolute atomic E-state index is 0.131. The number of halogens is 3. The van der Waals surface area contributed by atoms with Gasteiger partial charge in [-0.15, -0.1) is 0 Å². The van der Waals surface area contributed by atoms with E-state index in [1.54, 1.807) is 4.90 Å². The van der Waals surface area contributed by atoms with E-state index in [2.05, 4.69) is 9.97 Å². The van der Waals surface area contributed by atoms with Gasteiger partial charge in [-0.2, -0.15) is 18.2 Å². The minimum Gasteiger partial charge on any atom is -0.368 e. The predicted octanol–water partition coefficient (Wildman–Crippen LogP) is 0.646. The molecule has 0 spiro atoms. The number of hydrogen-bond acceptors (Lipinski definition) is 5. The third kappa shape index (κ3) is 2.89. The van der Waals surface area contributed by atoms with Crippen molar-refractivity contribution in [3.63, 3.8) is 0 Å². The van der Waals surface area contributed by atoms with E-state index < -0.39 is 28.6 Å². The van der Waals surface area contributed by atoms with Gasteiger partial charge in [-0.3, -0.25) is 4.21 Å². The van der Waals surface area contributed by atoms with Crippen molar-refractivity contribution in [3.8, 4) is 0 Å². The van der Waals surface area contributed by atoms with Crippen LogP contribution in [0.1, 0.15) is 5.69 Å². The standard InChI is InChI=1S/C9H11F3N4OS/c10-9(11,12)6-5-7(15-8(13)14-6)16-1-3-18(17)4-2-16/h5H,1-4H2,(H2,13,14,15). The van der Waals surface area contributed by atoms with E-state index in [1.165, 1.54) is 0 Å². The van der Waals surface area contributed by atoms with Crippen LogP contribution in [-0.4, -0.2) is 38.8 Å². The summed E-state index contributed by atoms with van der Waals surface area (Å²) >= 11 is 0. The second-order valence-corrected chi connectivity index (χ2v) is 5.50. The molecular formula is C9H11F3N4OS. The van der Waals surface area contributed by atoms with Gasteiger partial charge in [0.1, 0.15) is 5.82 Å². The van der Waals surface area contributed by atoms with Crippen molar-refractivity contribution in [2.24, 2.45) is 0 Å². The van der Waals surface area contributed by atoms with Crippen molar-refractivity contribution in [2.75, 3.05) is 35.2 Å². The predicted molar refractivity (Wildman–Crippen MR) is 61.5 cm³/mol. The maximum absolute atomic E-state index is 12.6. The molecule has 1 aliphatic rings. The van der Waals surface area contributed by atoms with Crippen LogP contribution in [0.25, 0.3) is 0 Å². The monoisotopic (exact) mass is 280 g/mol. The molecule has 0 amide bonds. The first-order chi connectivity index (χ1) is 8.36. The maximum Gasteiger partial charge on any atom is 0.433 e. The van der Waals surface area contributed by atoms with Crippen LogP contribution in [0.4, 0.5) is 24.9 Å². The van der Waals surface area contributed by atoms with Crippen LogP contribution in [0.3, 0.4) is 0 Å². The highest BCUT2D eigenvalue weighted by atomic mass is 32.2. The Balaban J connectivity index is 2.28. The van der Waals surface area contributed by atoms with Crippen LogP contribution in [0, 0.1) is 0 Å². The Labute approximate surface area is 104 Å². The summed E-state index contributed by atoms with van der Waals surface area (Å²) in [6.07, 6.45) is -4.55. The molecule has 2 heterocycles. The summed E-state index contributed by atoms with van der Waals surface area (Å²) in [6.45, 7) is 0.806. The molecule has 0 saturated carbocycles. The Hall–Kier alpha value is -1.38. The zero-order chi connectivity index (χ0) is 13.3. The smallest absolute Gasteiger partial charge is 0.368 e. The molecule has 1 aromatic heterocycles. The first kappa shape index (κ1) is 13.1. The lowest BCUT2D eigenvalue weighted by Gasteiger charge is -2.27. The molecule has 1 aromatic rings. The molecule has 100 valence electrons. The zero-order valence-electron chi connectivity index (χ0n) is 9.28. The second-order valence-electron chi connectivity index (χ2n) is 3.80. The van der Waals surface area contributed by atoms with E-state index >= 15 is 0 Å². The lowest BCUT2D eigenvalue weighted by Crippen LogP contribution is -2.38. The summed E-state index contributed by atoms with van der Waals surface area (Å²) in [6, 6.07) is 0.866. The molecule has 0 aromatic carbocycles. The van der Waals surface area contributed by atoms with Crippen molar-refractivity contribution in [1.29, 1.82) is 0 Å². The molecule has 0 bridgehead atoms. The van der Waals surface area contributed by atoms with Gasteiger partial charge < -0.3 is 10.6 Å². The fraction of sp³-hybridized carbons (Fsp3) is 0.556. The first-order valence-corrected chi connectivity index (χ1v) is 6.67. The molecule has 18 heavy (non-hydrogen) atoms. The molecule has 9 heteroatoms. The van der Waals surface area contributed by atoms with Crippen LogP contribution in [-0.2, 0) is 17.0 Å². The molecule has 1 fully saturated rings. The van der Waals surface area contributed by atoms with Gasteiger partial charge in [0.15, 0.2) is 5.69 Å². The van der Waals surface area contributed by atoms with Crippen molar-refractivity contribution in [3.05, 3.63) is 11.8 Å². The third-order valence-electron chi connectivity index (χ3n) is 2.52. The number of aromatic nitrogens is 2. The van der Waals surface area contributed by atoms with Crippen LogP contribution < -0.4 is 10.6 Å². The topological polar surface area (TPSA) is 72.1 Å². The summed E-state index contributed by atoms with van der Waals surface area (Å²) in [4.78, 5) is 8.59. The van der Waals surface area contributed by atoms with E-state index in [0.29, 0.717) is 24.6 Å². The summed E-state index contributed by atoms with van der Waals surface area (Å²) in [5.74, 6) is 0.564. The van der Waals surface area contributed by atoms with Crippen LogP contribution in [0.15, 0.2) is 6.07 Å². The third-order valence-corrected chi connectivity index (χ3v) is 3.80. The van der Waals surface area contributed by atoms with Gasteiger partial charge in [0.05, 0.1) is 0 Å². The highest BCUT2D eigenvalue weighted by molar-refractivity contribution is 7.85. The quantitative estimate of drug-likeness (QED) is 0.817. The van der Waals surface area contributed by atoms with Crippen LogP contribution in [0.2, 0.25) is 0 Å². The molecule has 5 nitrogen and oxygen atoms in total. The van der Waals surface area contributed by atoms with E-state index in [0.717, 1.165) is 6.07 Å². The SMILES string of the molecule is Nc1nc(N2CCS(=O)CC2)cc(C(F)(F)F)n1. The fourth-order valence-electron chi connectivity index (χ4n) is 1.63. The number of nitrogens with two attached hydrogens (primary N) is 1. The fourth-order valence-corrected chi connectivity index (χ4v) is 2.68. The lowest BCUT2D eigenvalue weighted by molar-refractivity contribution is -0.141. The average Bonchev–Trinajstić information content (AvgIpc) is 2.28. The highest BCUT2D eigenvalue weighted by Gasteiger charge is 2.34. The summed E-state index contributed by atoms with van der Waals surface area (Å²) in [5, 5.41) is 0. The molecule has 0 unspecified atom stereocenters. The number of hydrogen-bond donors (Lipinski definition) is 1. The highest BCUT2D eigenvalue weighted by Crippen LogP contribution is 2.30. The van der Waals surface area contributed by atoms with Gasteiger partial charge in [0.2, 0.25) is 5.95 Å². The molecule has 0 radical (unpaired) electrons. The van der Waals surface area contributed by atoms with Gasteiger partial charge >= 0.3 is 6.18 Å². The van der Waals surface area contributed by atoms with E-state index in [4.69, 9.17) is 5.73 Å². The lowest BCUT2D eigenvalue weighted by atomic mass is 10.3. The van der Waals surface area contributed by atoms with Crippen molar-refractivity contribution in [1.82, 2.24) is 9.97 Å². The Morgan fingerprint density at radius 2 is 1.89 bits per heavy atom. The number of rotatable bonds is 1. The van der Waals surface area contributed by atoms with Crippen molar-refractivity contribution >= 4 is 22.6 Å². The summed E-state index contributed by atoms with van der Waals surface area (Å²) in [5.41, 5.74) is 4.22. The van der Waals surface area contributed by atoms with Gasteiger partial charge in [0.25, 0.3) is 0 Å². The molecule has 2 N–H and O–H groups in total. The number of nitrogens with zero attached hydrogens (tertiary/aromatic N) is 3.